The number of phenols is 2. The molecule has 0 fully saturated rings. The van der Waals surface area contributed by atoms with Crippen molar-refractivity contribution >= 4 is 12.4 Å². The van der Waals surface area contributed by atoms with Crippen LogP contribution in [0.25, 0.3) is 0 Å². The van der Waals surface area contributed by atoms with Crippen molar-refractivity contribution in [2.75, 3.05) is 0 Å². The molecule has 2 aromatic carbocycles. The number of aromatic hydroxyl groups is 2. The molecule has 0 radical (unpaired) electrons. The summed E-state index contributed by atoms with van der Waals surface area (Å²) in [5.74, 6) is 0.912. The van der Waals surface area contributed by atoms with E-state index in [1.807, 2.05) is 91.8 Å². The van der Waals surface area contributed by atoms with Gasteiger partial charge in [-0.1, -0.05) is 119 Å². The second kappa shape index (κ2) is 18.6. The van der Waals surface area contributed by atoms with Crippen molar-refractivity contribution in [3.8, 4) is 11.5 Å². The van der Waals surface area contributed by atoms with Gasteiger partial charge in [-0.05, 0) is 85.5 Å². The van der Waals surface area contributed by atoms with E-state index in [0.717, 1.165) is 22.3 Å². The Hall–Kier alpha value is -1.74. The van der Waals surface area contributed by atoms with Gasteiger partial charge in [-0.3, -0.25) is 0 Å². The van der Waals surface area contributed by atoms with Gasteiger partial charge in [0.25, 0.3) is 0 Å². The van der Waals surface area contributed by atoms with E-state index in [1.54, 1.807) is 0 Å². The Morgan fingerprint density at radius 3 is 0.689 bits per heavy atom. The normalized spacial score (nSPS) is 12.7. The second-order valence-electron chi connectivity index (χ2n) is 17.4. The second-order valence-corrected chi connectivity index (χ2v) is 17.4. The van der Waals surface area contributed by atoms with Crippen LogP contribution >= 0.6 is 0 Å². The molecule has 0 aliphatic rings. The van der Waals surface area contributed by atoms with Crippen molar-refractivity contribution in [1.29, 1.82) is 0 Å². The summed E-state index contributed by atoms with van der Waals surface area (Å²) in [6.45, 7) is 41.3. The number of aliphatic imine (C=N–C) groups is 2. The minimum Gasteiger partial charge on any atom is -0.507 e. The smallest absolute Gasteiger partial charge is 0.507 e. The predicted molar refractivity (Wildman–Crippen MR) is 197 cm³/mol. The van der Waals surface area contributed by atoms with Gasteiger partial charge >= 0.3 is 26.2 Å². The SMILES string of the molecule is CC(C)(C)c1cccc(C(C)(C)C)c1O.CC(C)(C)c1cccc(C(C)(C)C)c1O.C[C-]=NC(C)(C)C.C[C-]=NC(C)(C)C.[Zr+2]. The first-order chi connectivity index (χ1) is 19.4. The van der Waals surface area contributed by atoms with Crippen LogP contribution in [0.5, 0.6) is 11.5 Å². The fourth-order valence-corrected chi connectivity index (χ4v) is 4.18. The average molecular weight is 700 g/mol. The van der Waals surface area contributed by atoms with E-state index in [4.69, 9.17) is 0 Å². The van der Waals surface area contributed by atoms with Gasteiger partial charge in [0.15, 0.2) is 0 Å². The first-order valence-electron chi connectivity index (χ1n) is 15.8. The summed E-state index contributed by atoms with van der Waals surface area (Å²) >= 11 is 0. The number of hydrogen-bond acceptors (Lipinski definition) is 4. The molecule has 0 aromatic heterocycles. The summed E-state index contributed by atoms with van der Waals surface area (Å²) < 4.78 is 0. The van der Waals surface area contributed by atoms with E-state index >= 15 is 0 Å². The van der Waals surface area contributed by atoms with Crippen LogP contribution in [-0.2, 0) is 47.9 Å². The third kappa shape index (κ3) is 20.2. The number of para-hydroxylation sites is 2. The first-order valence-corrected chi connectivity index (χ1v) is 15.8. The van der Waals surface area contributed by atoms with E-state index in [0.29, 0.717) is 11.5 Å². The first kappa shape index (κ1) is 47.7. The zero-order valence-corrected chi connectivity index (χ0v) is 35.2. The number of rotatable bonds is 0. The van der Waals surface area contributed by atoms with Crippen LogP contribution < -0.4 is 0 Å². The number of hydrogen-bond donors (Lipinski definition) is 2. The Bertz CT molecular complexity index is 1030. The minimum atomic E-state index is -0.00859. The zero-order chi connectivity index (χ0) is 35.5. The maximum Gasteiger partial charge on any atom is 2.00 e. The van der Waals surface area contributed by atoms with Gasteiger partial charge in [0, 0.05) is 11.1 Å². The molecule has 0 bridgehead atoms. The monoisotopic (exact) mass is 698 g/mol. The Morgan fingerprint density at radius 1 is 0.422 bits per heavy atom. The summed E-state index contributed by atoms with van der Waals surface area (Å²) in [6, 6.07) is 12.1. The molecule has 0 aliphatic carbocycles. The van der Waals surface area contributed by atoms with E-state index in [9.17, 15) is 10.2 Å². The Labute approximate surface area is 298 Å². The topological polar surface area (TPSA) is 65.2 Å². The van der Waals surface area contributed by atoms with Crippen LogP contribution in [0.3, 0.4) is 0 Å². The maximum absolute atomic E-state index is 10.3. The molecule has 2 aromatic rings. The van der Waals surface area contributed by atoms with Gasteiger partial charge in [0.05, 0.1) is 0 Å². The fraction of sp³-hybridized carbons (Fsp3) is 0.650. The summed E-state index contributed by atoms with van der Waals surface area (Å²) in [5.41, 5.74) is 4.19. The Balaban J connectivity index is -0.000000553. The molecule has 0 unspecified atom stereocenters. The van der Waals surface area contributed by atoms with Gasteiger partial charge < -0.3 is 32.6 Å². The van der Waals surface area contributed by atoms with E-state index in [2.05, 4.69) is 105 Å². The van der Waals surface area contributed by atoms with Gasteiger partial charge in [0.2, 0.25) is 0 Å². The summed E-state index contributed by atoms with van der Waals surface area (Å²) in [5, 5.41) is 20.5. The molecule has 0 heterocycles. The van der Waals surface area contributed by atoms with Crippen molar-refractivity contribution in [1.82, 2.24) is 0 Å². The average Bonchev–Trinajstić information content (AvgIpc) is 2.76. The van der Waals surface area contributed by atoms with E-state index in [1.165, 1.54) is 0 Å². The third-order valence-corrected chi connectivity index (χ3v) is 6.20. The third-order valence-electron chi connectivity index (χ3n) is 6.20. The molecule has 0 saturated carbocycles. The van der Waals surface area contributed by atoms with Crippen LogP contribution in [0, 0.1) is 0 Å². The largest absolute Gasteiger partial charge is 2.00 e. The van der Waals surface area contributed by atoms with Crippen molar-refractivity contribution < 1.29 is 36.4 Å². The molecule has 5 heteroatoms. The quantitative estimate of drug-likeness (QED) is 0.212. The molecule has 0 spiro atoms. The number of benzene rings is 2. The zero-order valence-electron chi connectivity index (χ0n) is 32.8. The minimum absolute atomic E-state index is 0. The predicted octanol–water partition coefficient (Wildman–Crippen LogP) is 11.5. The van der Waals surface area contributed by atoms with Gasteiger partial charge in [0.1, 0.15) is 11.5 Å². The van der Waals surface area contributed by atoms with Gasteiger partial charge in [-0.25, -0.2) is 0 Å². The molecule has 0 amide bonds. The Morgan fingerprint density at radius 2 is 0.600 bits per heavy atom. The maximum atomic E-state index is 10.3. The van der Waals surface area contributed by atoms with Crippen molar-refractivity contribution in [2.24, 2.45) is 9.98 Å². The van der Waals surface area contributed by atoms with Gasteiger partial charge in [-0.2, -0.15) is 13.8 Å². The molecule has 4 nitrogen and oxygen atoms in total. The van der Waals surface area contributed by atoms with E-state index in [-0.39, 0.29) is 58.9 Å². The summed E-state index contributed by atoms with van der Waals surface area (Å²) in [7, 11) is 0. The molecular formula is C40H68N2O2Zr. The van der Waals surface area contributed by atoms with Crippen LogP contribution in [0.2, 0.25) is 0 Å². The Kier molecular flexibility index (Phi) is 19.7. The molecule has 254 valence electrons. The molecular weight excluding hydrogens is 632 g/mol. The molecule has 2 N–H and O–H groups in total. The van der Waals surface area contributed by atoms with Crippen molar-refractivity contribution in [3.63, 3.8) is 0 Å². The molecule has 0 saturated heterocycles. The van der Waals surface area contributed by atoms with Crippen LogP contribution in [-0.4, -0.2) is 33.7 Å². The molecule has 0 atom stereocenters. The van der Waals surface area contributed by atoms with E-state index < -0.39 is 0 Å². The summed E-state index contributed by atoms with van der Waals surface area (Å²) in [6.07, 6.45) is 5.47. The molecule has 45 heavy (non-hydrogen) atoms. The fourth-order valence-electron chi connectivity index (χ4n) is 4.18. The number of nitrogens with zero attached hydrogens (tertiary/aromatic N) is 2. The molecule has 0 aliphatic heterocycles. The van der Waals surface area contributed by atoms with Gasteiger partial charge in [-0.15, -0.1) is 0 Å². The van der Waals surface area contributed by atoms with Crippen LogP contribution in [0.1, 0.15) is 161 Å². The standard InChI is InChI=1S/2C14H22O.2C6H12N.Zr/c2*1-13(2,3)10-8-7-9-11(12(10)15)14(4,5)6;2*1-5-7-6(2,3)4;/h2*7-9,15H,1-6H3;2*1-4H3;/q;;2*-1;+2. The molecule has 2 rings (SSSR count). The number of phenolic OH excluding ortho intramolecular Hbond substituents is 2. The summed E-state index contributed by atoms with van der Waals surface area (Å²) in [4.78, 5) is 8.01. The van der Waals surface area contributed by atoms with Crippen molar-refractivity contribution in [2.45, 2.75) is 171 Å². The van der Waals surface area contributed by atoms with Crippen molar-refractivity contribution in [3.05, 3.63) is 58.7 Å². The van der Waals surface area contributed by atoms with Crippen LogP contribution in [0.4, 0.5) is 0 Å². The van der Waals surface area contributed by atoms with Crippen LogP contribution in [0.15, 0.2) is 46.4 Å².